The Hall–Kier alpha value is -0.850. The summed E-state index contributed by atoms with van der Waals surface area (Å²) in [4.78, 5) is 5.37. The molecule has 1 rings (SSSR count). The summed E-state index contributed by atoms with van der Waals surface area (Å²) in [5, 5.41) is 4.06. The molecule has 3 heteroatoms. The maximum Gasteiger partial charge on any atom is 0.0999 e. The van der Waals surface area contributed by atoms with Crippen LogP contribution >= 0.6 is 11.3 Å². The van der Waals surface area contributed by atoms with Crippen molar-refractivity contribution in [1.82, 2.24) is 10.3 Å². The van der Waals surface area contributed by atoms with Crippen LogP contribution in [0.15, 0.2) is 0 Å². The van der Waals surface area contributed by atoms with Gasteiger partial charge in [-0.1, -0.05) is 11.8 Å². The van der Waals surface area contributed by atoms with Crippen LogP contribution < -0.4 is 5.32 Å². The van der Waals surface area contributed by atoms with E-state index in [9.17, 15) is 0 Å². The number of thiazole rings is 1. The summed E-state index contributed by atoms with van der Waals surface area (Å²) in [6.07, 6.45) is 0. The van der Waals surface area contributed by atoms with Crippen molar-refractivity contribution < 1.29 is 0 Å². The van der Waals surface area contributed by atoms with Gasteiger partial charge in [-0.05, 0) is 20.9 Å². The van der Waals surface area contributed by atoms with Gasteiger partial charge in [0.2, 0.25) is 0 Å². The predicted molar refractivity (Wildman–Crippen MR) is 52.4 cm³/mol. The Balaban J connectivity index is 2.76. The molecular formula is C9H12N2S. The zero-order valence-electron chi connectivity index (χ0n) is 7.56. The lowest BCUT2D eigenvalue weighted by molar-refractivity contribution is 0.938. The lowest BCUT2D eigenvalue weighted by Gasteiger charge is -1.83. The average molecular weight is 180 g/mol. The molecule has 0 aliphatic rings. The Morgan fingerprint density at radius 3 is 2.75 bits per heavy atom. The molecule has 1 N–H and O–H groups in total. The molecular weight excluding hydrogens is 168 g/mol. The Kier molecular flexibility index (Phi) is 3.27. The van der Waals surface area contributed by atoms with Crippen LogP contribution in [0.1, 0.15) is 15.6 Å². The van der Waals surface area contributed by atoms with E-state index in [1.165, 1.54) is 0 Å². The van der Waals surface area contributed by atoms with Gasteiger partial charge in [0.25, 0.3) is 0 Å². The lowest BCUT2D eigenvalue weighted by Crippen LogP contribution is -2.04. The second-order valence-corrected chi connectivity index (χ2v) is 3.68. The molecule has 0 aliphatic heterocycles. The highest BCUT2D eigenvalue weighted by Gasteiger charge is 1.99. The first-order valence-electron chi connectivity index (χ1n) is 3.81. The van der Waals surface area contributed by atoms with Gasteiger partial charge in [0.15, 0.2) is 0 Å². The highest BCUT2D eigenvalue weighted by molar-refractivity contribution is 7.12. The van der Waals surface area contributed by atoms with Crippen LogP contribution in [0, 0.1) is 25.7 Å². The number of hydrogen-bond acceptors (Lipinski definition) is 3. The molecule has 0 radical (unpaired) electrons. The molecule has 2 nitrogen and oxygen atoms in total. The SMILES string of the molecule is CNCC#Cc1sc(C)nc1C. The minimum absolute atomic E-state index is 0.733. The van der Waals surface area contributed by atoms with Crippen molar-refractivity contribution >= 4 is 11.3 Å². The first kappa shape index (κ1) is 9.24. The number of nitrogens with one attached hydrogen (secondary N) is 1. The van der Waals surface area contributed by atoms with Crippen molar-refractivity contribution in [2.45, 2.75) is 13.8 Å². The Bertz CT molecular complexity index is 317. The third-order valence-corrected chi connectivity index (χ3v) is 2.36. The van der Waals surface area contributed by atoms with Crippen molar-refractivity contribution in [3.63, 3.8) is 0 Å². The van der Waals surface area contributed by atoms with E-state index in [-0.39, 0.29) is 0 Å². The highest BCUT2D eigenvalue weighted by atomic mass is 32.1. The van der Waals surface area contributed by atoms with Crippen molar-refractivity contribution in [3.8, 4) is 11.8 Å². The first-order valence-corrected chi connectivity index (χ1v) is 4.63. The fourth-order valence-corrected chi connectivity index (χ4v) is 1.65. The molecule has 0 unspecified atom stereocenters. The van der Waals surface area contributed by atoms with E-state index in [0.717, 1.165) is 22.1 Å². The molecule has 0 bridgehead atoms. The predicted octanol–water partition coefficient (Wildman–Crippen LogP) is 1.33. The van der Waals surface area contributed by atoms with Gasteiger partial charge < -0.3 is 5.32 Å². The van der Waals surface area contributed by atoms with Crippen molar-refractivity contribution in [3.05, 3.63) is 15.6 Å². The van der Waals surface area contributed by atoms with E-state index >= 15 is 0 Å². The van der Waals surface area contributed by atoms with E-state index in [1.54, 1.807) is 11.3 Å². The molecule has 1 heterocycles. The van der Waals surface area contributed by atoms with E-state index in [4.69, 9.17) is 0 Å². The van der Waals surface area contributed by atoms with Crippen LogP contribution in [0.4, 0.5) is 0 Å². The Morgan fingerprint density at radius 2 is 2.25 bits per heavy atom. The second-order valence-electron chi connectivity index (χ2n) is 2.48. The minimum atomic E-state index is 0.733. The van der Waals surface area contributed by atoms with Crippen molar-refractivity contribution in [2.75, 3.05) is 13.6 Å². The van der Waals surface area contributed by atoms with Crippen molar-refractivity contribution in [1.29, 1.82) is 0 Å². The normalized spacial score (nSPS) is 9.25. The molecule has 1 aromatic rings. The Labute approximate surface area is 77.0 Å². The summed E-state index contributed by atoms with van der Waals surface area (Å²) in [5.41, 5.74) is 1.04. The van der Waals surface area contributed by atoms with Gasteiger partial charge in [0.05, 0.1) is 22.1 Å². The van der Waals surface area contributed by atoms with Crippen molar-refractivity contribution in [2.24, 2.45) is 0 Å². The molecule has 12 heavy (non-hydrogen) atoms. The largest absolute Gasteiger partial charge is 0.309 e. The number of aromatic nitrogens is 1. The van der Waals surface area contributed by atoms with Crippen LogP contribution in [-0.2, 0) is 0 Å². The summed E-state index contributed by atoms with van der Waals surface area (Å²) < 4.78 is 0. The molecule has 0 aliphatic carbocycles. The van der Waals surface area contributed by atoms with Crippen LogP contribution in [0.2, 0.25) is 0 Å². The van der Waals surface area contributed by atoms with Crippen LogP contribution in [0.25, 0.3) is 0 Å². The summed E-state index contributed by atoms with van der Waals surface area (Å²) in [6.45, 7) is 4.73. The zero-order chi connectivity index (χ0) is 8.97. The maximum atomic E-state index is 4.29. The van der Waals surface area contributed by atoms with Gasteiger partial charge in [-0.3, -0.25) is 0 Å². The minimum Gasteiger partial charge on any atom is -0.309 e. The molecule has 0 saturated heterocycles. The van der Waals surface area contributed by atoms with Crippen LogP contribution in [-0.4, -0.2) is 18.6 Å². The van der Waals surface area contributed by atoms with E-state index in [1.807, 2.05) is 20.9 Å². The summed E-state index contributed by atoms with van der Waals surface area (Å²) >= 11 is 1.65. The number of nitrogens with zero attached hydrogens (tertiary/aromatic N) is 1. The molecule has 64 valence electrons. The summed E-state index contributed by atoms with van der Waals surface area (Å²) in [6, 6.07) is 0. The van der Waals surface area contributed by atoms with Gasteiger partial charge in [0.1, 0.15) is 0 Å². The average Bonchev–Trinajstić information content (AvgIpc) is 2.31. The number of rotatable bonds is 1. The van der Waals surface area contributed by atoms with E-state index in [0.29, 0.717) is 0 Å². The molecule has 0 fully saturated rings. The standard InChI is InChI=1S/C9H12N2S/c1-7-9(5-4-6-10-3)12-8(2)11-7/h10H,6H2,1-3H3. The molecule has 1 aromatic heterocycles. The van der Waals surface area contributed by atoms with Crippen LogP contribution in [0.3, 0.4) is 0 Å². The van der Waals surface area contributed by atoms with Gasteiger partial charge in [0, 0.05) is 0 Å². The molecule has 0 amide bonds. The Morgan fingerprint density at radius 1 is 1.50 bits per heavy atom. The fourth-order valence-electron chi connectivity index (χ4n) is 0.860. The van der Waals surface area contributed by atoms with Gasteiger partial charge in [-0.15, -0.1) is 11.3 Å². The van der Waals surface area contributed by atoms with Gasteiger partial charge in [-0.25, -0.2) is 4.98 Å². The highest BCUT2D eigenvalue weighted by Crippen LogP contribution is 2.14. The summed E-state index contributed by atoms with van der Waals surface area (Å²) in [7, 11) is 1.89. The molecule has 0 spiro atoms. The fraction of sp³-hybridized carbons (Fsp3) is 0.444. The lowest BCUT2D eigenvalue weighted by atomic mass is 10.4. The third kappa shape index (κ3) is 2.33. The number of hydrogen-bond donors (Lipinski definition) is 1. The van der Waals surface area contributed by atoms with Gasteiger partial charge >= 0.3 is 0 Å². The zero-order valence-corrected chi connectivity index (χ0v) is 8.38. The topological polar surface area (TPSA) is 24.9 Å². The second kappa shape index (κ2) is 4.24. The number of aryl methyl sites for hydroxylation is 2. The quantitative estimate of drug-likeness (QED) is 0.659. The molecule has 0 atom stereocenters. The smallest absolute Gasteiger partial charge is 0.0999 e. The molecule has 0 saturated carbocycles. The third-order valence-electron chi connectivity index (χ3n) is 1.37. The maximum absolute atomic E-state index is 4.29. The van der Waals surface area contributed by atoms with E-state index < -0.39 is 0 Å². The first-order chi connectivity index (χ1) is 5.74. The van der Waals surface area contributed by atoms with Crippen LogP contribution in [0.5, 0.6) is 0 Å². The van der Waals surface area contributed by atoms with E-state index in [2.05, 4.69) is 22.1 Å². The summed E-state index contributed by atoms with van der Waals surface area (Å²) in [5.74, 6) is 6.09. The molecule has 0 aromatic carbocycles. The monoisotopic (exact) mass is 180 g/mol. The van der Waals surface area contributed by atoms with Gasteiger partial charge in [-0.2, -0.15) is 0 Å².